The molecule has 0 radical (unpaired) electrons. The van der Waals surface area contributed by atoms with Crippen LogP contribution in [0.1, 0.15) is 1.43 Å². The molecule has 1 N–H and O–H groups in total. The van der Waals surface area contributed by atoms with E-state index in [-0.39, 0.29) is 31.0 Å². The first-order valence-electron chi connectivity index (χ1n) is 0.365. The van der Waals surface area contributed by atoms with Gasteiger partial charge in [-0.1, -0.05) is 11.7 Å². The zero-order valence-electron chi connectivity index (χ0n) is 3.30. The number of hydrogen-bond donors (Lipinski definition) is 2. The minimum Gasteiger partial charge on any atom is -1.00 e. The smallest absolute Gasteiger partial charge is 1.00 e. The van der Waals surface area contributed by atoms with E-state index in [2.05, 4.69) is 11.7 Å². The molecule has 22 valence electrons. The molecule has 4 heavy (non-hydrogen) atoms. The van der Waals surface area contributed by atoms with Crippen LogP contribution in [0.15, 0.2) is 0 Å². The molecule has 0 amide bonds. The Labute approximate surface area is 58.0 Å². The molecule has 0 aromatic carbocycles. The van der Waals surface area contributed by atoms with Crippen LogP contribution in [0.2, 0.25) is 0 Å². The van der Waals surface area contributed by atoms with Gasteiger partial charge in [-0.25, -0.2) is 0 Å². The normalized spacial score (nSPS) is 4.50. The molecule has 0 bridgehead atoms. The Bertz CT molecular complexity index is 9.61. The standard InChI is InChI=1S/Na.H2OS2.H/c;1-3-2;/h;1-2H;/q+1;;-1. The SMILES string of the molecule is OSS.[H-].[Na+]. The first-order valence-corrected chi connectivity index (χ1v) is 2.19. The Hall–Kier alpha value is 1.66. The minimum absolute atomic E-state index is 0. The fourth-order valence-electron chi connectivity index (χ4n) is 0. The molecule has 0 aromatic heterocycles. The maximum absolute atomic E-state index is 7.35. The van der Waals surface area contributed by atoms with Crippen LogP contribution in [0.4, 0.5) is 0 Å². The zero-order valence-corrected chi connectivity index (χ0v) is 6.01. The van der Waals surface area contributed by atoms with E-state index < -0.39 is 0 Å². The Morgan fingerprint density at radius 2 is 2.00 bits per heavy atom. The van der Waals surface area contributed by atoms with Crippen molar-refractivity contribution >= 4 is 22.7 Å². The van der Waals surface area contributed by atoms with E-state index in [0.29, 0.717) is 11.1 Å². The van der Waals surface area contributed by atoms with Gasteiger partial charge in [-0.15, -0.1) is 0 Å². The summed E-state index contributed by atoms with van der Waals surface area (Å²) in [5, 5.41) is 0. The van der Waals surface area contributed by atoms with Crippen LogP contribution in [-0.2, 0) is 0 Å². The molecule has 0 spiro atoms. The summed E-state index contributed by atoms with van der Waals surface area (Å²) in [7, 11) is 0. The zero-order chi connectivity index (χ0) is 2.71. The third-order valence-corrected chi connectivity index (χ3v) is 0. The number of rotatable bonds is 0. The molecule has 0 atom stereocenters. The van der Waals surface area contributed by atoms with Gasteiger partial charge in [0.2, 0.25) is 0 Å². The molecule has 4 heteroatoms. The van der Waals surface area contributed by atoms with E-state index >= 15 is 0 Å². The second kappa shape index (κ2) is 8.82. The molecule has 0 aliphatic carbocycles. The van der Waals surface area contributed by atoms with Crippen LogP contribution in [0.25, 0.3) is 0 Å². The van der Waals surface area contributed by atoms with E-state index in [4.69, 9.17) is 4.55 Å². The van der Waals surface area contributed by atoms with Crippen LogP contribution in [-0.4, -0.2) is 4.55 Å². The van der Waals surface area contributed by atoms with Gasteiger partial charge in [0.05, 0.1) is 11.1 Å². The summed E-state index contributed by atoms with van der Waals surface area (Å²) in [5.41, 5.74) is 0. The van der Waals surface area contributed by atoms with E-state index in [1.165, 1.54) is 0 Å². The Kier molecular flexibility index (Phi) is 20.2. The van der Waals surface area contributed by atoms with Gasteiger partial charge in [0, 0.05) is 0 Å². The molecule has 0 unspecified atom stereocenters. The quantitative estimate of drug-likeness (QED) is 0.164. The first kappa shape index (κ1) is 9.18. The second-order valence-electron chi connectivity index (χ2n) is 0.0816. The monoisotopic (exact) mass is 106 g/mol. The molecule has 0 rings (SSSR count). The van der Waals surface area contributed by atoms with E-state index in [1.807, 2.05) is 0 Å². The average molecular weight is 106 g/mol. The van der Waals surface area contributed by atoms with E-state index in [9.17, 15) is 0 Å². The van der Waals surface area contributed by atoms with Crippen molar-refractivity contribution in [2.75, 3.05) is 0 Å². The van der Waals surface area contributed by atoms with Crippen LogP contribution < -0.4 is 29.6 Å². The van der Waals surface area contributed by atoms with Gasteiger partial charge >= 0.3 is 29.6 Å². The van der Waals surface area contributed by atoms with Gasteiger partial charge in [-0.05, 0) is 0 Å². The molecular formula is H3NaOS2. The minimum atomic E-state index is 0. The molecule has 0 aliphatic rings. The topological polar surface area (TPSA) is 20.2 Å². The molecular weight excluding hydrogens is 103 g/mol. The van der Waals surface area contributed by atoms with Gasteiger partial charge in [-0.3, -0.25) is 0 Å². The molecule has 0 saturated heterocycles. The fraction of sp³-hybridized carbons (Fsp3) is 0. The summed E-state index contributed by atoms with van der Waals surface area (Å²) in [4.78, 5) is 0. The Balaban J connectivity index is -0.0000000200. The summed E-state index contributed by atoms with van der Waals surface area (Å²) >= 11 is 3.71. The van der Waals surface area contributed by atoms with Crippen molar-refractivity contribution in [2.45, 2.75) is 0 Å². The molecule has 0 fully saturated rings. The largest absolute Gasteiger partial charge is 1.00 e. The average Bonchev–Trinajstić information content (AvgIpc) is 0.918. The third kappa shape index (κ3) is 9.40. The molecule has 1 nitrogen and oxygen atoms in total. The van der Waals surface area contributed by atoms with Gasteiger partial charge in [0.25, 0.3) is 0 Å². The summed E-state index contributed by atoms with van der Waals surface area (Å²) in [6.45, 7) is 0. The van der Waals surface area contributed by atoms with Crippen LogP contribution >= 0.6 is 22.7 Å². The Morgan fingerprint density at radius 3 is 2.00 bits per heavy atom. The third-order valence-electron chi connectivity index (χ3n) is 0. The van der Waals surface area contributed by atoms with Crippen molar-refractivity contribution in [1.29, 1.82) is 0 Å². The Morgan fingerprint density at radius 1 is 2.00 bits per heavy atom. The predicted octanol–water partition coefficient (Wildman–Crippen LogP) is -1.85. The van der Waals surface area contributed by atoms with Crippen LogP contribution in [0, 0.1) is 0 Å². The van der Waals surface area contributed by atoms with Gasteiger partial charge < -0.3 is 5.98 Å². The molecule has 0 saturated carbocycles. The fourth-order valence-corrected chi connectivity index (χ4v) is 0. The van der Waals surface area contributed by atoms with Gasteiger partial charge in [-0.2, -0.15) is 0 Å². The molecule has 0 aliphatic heterocycles. The predicted molar refractivity (Wildman–Crippen MR) is 20.3 cm³/mol. The number of hydrogen-bond acceptors (Lipinski definition) is 3. The van der Waals surface area contributed by atoms with Crippen molar-refractivity contribution in [3.8, 4) is 0 Å². The van der Waals surface area contributed by atoms with Crippen molar-refractivity contribution < 1.29 is 35.5 Å². The van der Waals surface area contributed by atoms with Crippen molar-refractivity contribution in [1.82, 2.24) is 0 Å². The number of thiol groups is 1. The summed E-state index contributed by atoms with van der Waals surface area (Å²) < 4.78 is 7.35. The summed E-state index contributed by atoms with van der Waals surface area (Å²) in [6, 6.07) is 0. The summed E-state index contributed by atoms with van der Waals surface area (Å²) in [6.07, 6.45) is 0. The van der Waals surface area contributed by atoms with Crippen LogP contribution in [0.3, 0.4) is 0 Å². The summed E-state index contributed by atoms with van der Waals surface area (Å²) in [5.74, 6) is 0. The molecule has 0 aromatic rings. The van der Waals surface area contributed by atoms with Gasteiger partial charge in [0.1, 0.15) is 0 Å². The maximum Gasteiger partial charge on any atom is 1.00 e. The van der Waals surface area contributed by atoms with E-state index in [0.717, 1.165) is 0 Å². The molecule has 0 heterocycles. The van der Waals surface area contributed by atoms with Gasteiger partial charge in [0.15, 0.2) is 0 Å². The van der Waals surface area contributed by atoms with Crippen molar-refractivity contribution in [3.05, 3.63) is 0 Å². The maximum atomic E-state index is 7.35. The van der Waals surface area contributed by atoms with Crippen LogP contribution in [0.5, 0.6) is 0 Å². The first-order chi connectivity index (χ1) is 1.41. The van der Waals surface area contributed by atoms with E-state index in [1.54, 1.807) is 0 Å². The van der Waals surface area contributed by atoms with Crippen molar-refractivity contribution in [2.24, 2.45) is 0 Å². The van der Waals surface area contributed by atoms with Crippen molar-refractivity contribution in [3.63, 3.8) is 0 Å². The second-order valence-corrected chi connectivity index (χ2v) is 0.735.